The van der Waals surface area contributed by atoms with Crippen LogP contribution < -0.4 is 0 Å². The maximum Gasteiger partial charge on any atom is 0.209 e. The van der Waals surface area contributed by atoms with Gasteiger partial charge in [0.2, 0.25) is 5.16 Å². The molecule has 1 aromatic heterocycles. The number of hydrogen-bond donors (Lipinski definition) is 0. The lowest BCUT2D eigenvalue weighted by molar-refractivity contribution is -0.113. The number of hydrogen-bond acceptors (Lipinski definition) is 6. The minimum atomic E-state index is -0.332. The molecule has 0 spiro atoms. The van der Waals surface area contributed by atoms with Crippen LogP contribution in [-0.4, -0.2) is 46.5 Å². The molecule has 6 nitrogen and oxygen atoms in total. The Morgan fingerprint density at radius 1 is 1.41 bits per heavy atom. The van der Waals surface area contributed by atoms with Gasteiger partial charge < -0.3 is 9.47 Å². The molecule has 96 valence electrons. The fraction of sp³-hybridized carbons (Fsp3) is 0.700. The molecule has 0 saturated heterocycles. The molecule has 0 aliphatic rings. The lowest BCUT2D eigenvalue weighted by atomic mass is 10.3. The van der Waals surface area contributed by atoms with Crippen LogP contribution in [0.5, 0.6) is 0 Å². The van der Waals surface area contributed by atoms with Gasteiger partial charge >= 0.3 is 0 Å². The van der Waals surface area contributed by atoms with Crippen LogP contribution in [0.25, 0.3) is 0 Å². The van der Waals surface area contributed by atoms with Crippen molar-refractivity contribution in [2.24, 2.45) is 0 Å². The van der Waals surface area contributed by atoms with Crippen molar-refractivity contribution in [1.82, 2.24) is 20.2 Å². The van der Waals surface area contributed by atoms with Gasteiger partial charge in [-0.25, -0.2) is 4.68 Å². The van der Waals surface area contributed by atoms with Crippen LogP contribution in [0.15, 0.2) is 16.8 Å². The van der Waals surface area contributed by atoms with Crippen LogP contribution in [0, 0.1) is 0 Å². The molecule has 0 aromatic carbocycles. The van der Waals surface area contributed by atoms with Crippen molar-refractivity contribution in [1.29, 1.82) is 0 Å². The maximum absolute atomic E-state index is 5.11. The average Bonchev–Trinajstić information content (AvgIpc) is 2.73. The SMILES string of the molecule is COC(Cn1nnnc1SCC=C(C)C)OC. The molecule has 0 aliphatic carbocycles. The van der Waals surface area contributed by atoms with E-state index in [-0.39, 0.29) is 6.29 Å². The molecule has 0 N–H and O–H groups in total. The van der Waals surface area contributed by atoms with Crippen LogP contribution >= 0.6 is 11.8 Å². The average molecular weight is 258 g/mol. The van der Waals surface area contributed by atoms with Crippen molar-refractivity contribution in [2.45, 2.75) is 31.8 Å². The number of tetrazole rings is 1. The number of ether oxygens (including phenoxy) is 2. The minimum absolute atomic E-state index is 0.332. The topological polar surface area (TPSA) is 62.1 Å². The lowest BCUT2D eigenvalue weighted by Gasteiger charge is -2.13. The Hall–Kier alpha value is -0.920. The first-order chi connectivity index (χ1) is 8.17. The van der Waals surface area contributed by atoms with Crippen molar-refractivity contribution in [3.05, 3.63) is 11.6 Å². The summed E-state index contributed by atoms with van der Waals surface area (Å²) in [5.41, 5.74) is 1.28. The van der Waals surface area contributed by atoms with Crippen molar-refractivity contribution in [3.8, 4) is 0 Å². The van der Waals surface area contributed by atoms with Crippen LogP contribution in [0.2, 0.25) is 0 Å². The van der Waals surface area contributed by atoms with Gasteiger partial charge in [0.25, 0.3) is 0 Å². The van der Waals surface area contributed by atoms with Crippen molar-refractivity contribution in [3.63, 3.8) is 0 Å². The first-order valence-corrected chi connectivity index (χ1v) is 6.23. The van der Waals surface area contributed by atoms with Crippen LogP contribution in [0.3, 0.4) is 0 Å². The zero-order valence-corrected chi connectivity index (χ0v) is 11.4. The molecule has 1 heterocycles. The highest BCUT2D eigenvalue weighted by molar-refractivity contribution is 7.99. The van der Waals surface area contributed by atoms with Crippen LogP contribution in [0.1, 0.15) is 13.8 Å². The Balaban J connectivity index is 2.56. The van der Waals surface area contributed by atoms with Gasteiger partial charge in [-0.3, -0.25) is 0 Å². The van der Waals surface area contributed by atoms with E-state index in [0.717, 1.165) is 10.9 Å². The highest BCUT2D eigenvalue weighted by atomic mass is 32.2. The maximum atomic E-state index is 5.11. The Labute approximate surface area is 105 Å². The van der Waals surface area contributed by atoms with E-state index in [2.05, 4.69) is 35.4 Å². The Kier molecular flexibility index (Phi) is 6.17. The highest BCUT2D eigenvalue weighted by Crippen LogP contribution is 2.15. The highest BCUT2D eigenvalue weighted by Gasteiger charge is 2.12. The summed E-state index contributed by atoms with van der Waals surface area (Å²) in [7, 11) is 3.18. The second-order valence-corrected chi connectivity index (χ2v) is 4.62. The third kappa shape index (κ3) is 4.84. The van der Waals surface area contributed by atoms with Gasteiger partial charge in [0, 0.05) is 20.0 Å². The zero-order valence-electron chi connectivity index (χ0n) is 10.6. The smallest absolute Gasteiger partial charge is 0.209 e. The second-order valence-electron chi connectivity index (χ2n) is 3.64. The number of methoxy groups -OCH3 is 2. The normalized spacial score (nSPS) is 10.9. The van der Waals surface area contributed by atoms with E-state index in [1.165, 1.54) is 5.57 Å². The van der Waals surface area contributed by atoms with Gasteiger partial charge in [0.15, 0.2) is 6.29 Å². The molecule has 17 heavy (non-hydrogen) atoms. The summed E-state index contributed by atoms with van der Waals surface area (Å²) < 4.78 is 11.9. The Bertz CT molecular complexity index is 359. The van der Waals surface area contributed by atoms with E-state index in [9.17, 15) is 0 Å². The predicted octanol–water partition coefficient (Wildman–Crippen LogP) is 1.35. The molecule has 0 saturated carbocycles. The molecule has 1 aromatic rings. The fourth-order valence-corrected chi connectivity index (χ4v) is 2.00. The number of aromatic nitrogens is 4. The van der Waals surface area contributed by atoms with Gasteiger partial charge in [-0.1, -0.05) is 23.4 Å². The van der Waals surface area contributed by atoms with E-state index in [0.29, 0.717) is 6.54 Å². The summed E-state index contributed by atoms with van der Waals surface area (Å²) in [6, 6.07) is 0. The zero-order chi connectivity index (χ0) is 12.7. The number of rotatable bonds is 7. The molecule has 0 unspecified atom stereocenters. The molecule has 0 aliphatic heterocycles. The third-order valence-corrected chi connectivity index (χ3v) is 2.93. The third-order valence-electron chi connectivity index (χ3n) is 2.05. The number of nitrogens with zero attached hydrogens (tertiary/aromatic N) is 4. The predicted molar refractivity (Wildman–Crippen MR) is 65.8 cm³/mol. The van der Waals surface area contributed by atoms with Crippen molar-refractivity contribution >= 4 is 11.8 Å². The Morgan fingerprint density at radius 3 is 2.71 bits per heavy atom. The van der Waals surface area contributed by atoms with E-state index in [1.54, 1.807) is 30.7 Å². The monoisotopic (exact) mass is 258 g/mol. The number of allylic oxidation sites excluding steroid dienone is 1. The summed E-state index contributed by atoms with van der Waals surface area (Å²) in [4.78, 5) is 0. The minimum Gasteiger partial charge on any atom is -0.354 e. The molecule has 0 radical (unpaired) electrons. The molecule has 0 amide bonds. The van der Waals surface area contributed by atoms with E-state index in [1.807, 2.05) is 0 Å². The lowest BCUT2D eigenvalue weighted by Crippen LogP contribution is -2.21. The molecular weight excluding hydrogens is 240 g/mol. The van der Waals surface area contributed by atoms with Gasteiger partial charge in [0.05, 0.1) is 6.54 Å². The van der Waals surface area contributed by atoms with Gasteiger partial charge in [-0.2, -0.15) is 0 Å². The van der Waals surface area contributed by atoms with E-state index in [4.69, 9.17) is 9.47 Å². The van der Waals surface area contributed by atoms with Crippen molar-refractivity contribution < 1.29 is 9.47 Å². The summed E-state index contributed by atoms with van der Waals surface area (Å²) in [5.74, 6) is 0.855. The van der Waals surface area contributed by atoms with E-state index < -0.39 is 0 Å². The molecule has 0 bridgehead atoms. The summed E-state index contributed by atoms with van der Waals surface area (Å²) in [5, 5.41) is 12.3. The van der Waals surface area contributed by atoms with E-state index >= 15 is 0 Å². The number of thioether (sulfide) groups is 1. The molecule has 0 atom stereocenters. The quantitative estimate of drug-likeness (QED) is 0.418. The summed E-state index contributed by atoms with van der Waals surface area (Å²) in [6.07, 6.45) is 1.80. The molecule has 0 fully saturated rings. The largest absolute Gasteiger partial charge is 0.354 e. The Morgan fingerprint density at radius 2 is 2.12 bits per heavy atom. The van der Waals surface area contributed by atoms with Gasteiger partial charge in [0.1, 0.15) is 0 Å². The van der Waals surface area contributed by atoms with Crippen LogP contribution in [0.4, 0.5) is 0 Å². The summed E-state index contributed by atoms with van der Waals surface area (Å²) >= 11 is 1.58. The standard InChI is InChI=1S/C10H18N4O2S/c1-8(2)5-6-17-10-11-12-13-14(10)7-9(15-3)16-4/h5,9H,6-7H2,1-4H3. The summed E-state index contributed by atoms with van der Waals surface area (Å²) in [6.45, 7) is 4.61. The van der Waals surface area contributed by atoms with Crippen LogP contribution in [-0.2, 0) is 16.0 Å². The second kappa shape index (κ2) is 7.41. The van der Waals surface area contributed by atoms with Gasteiger partial charge in [-0.15, -0.1) is 5.10 Å². The first-order valence-electron chi connectivity index (χ1n) is 5.25. The van der Waals surface area contributed by atoms with Gasteiger partial charge in [-0.05, 0) is 24.3 Å². The fourth-order valence-electron chi connectivity index (χ4n) is 1.08. The van der Waals surface area contributed by atoms with Crippen molar-refractivity contribution in [2.75, 3.05) is 20.0 Å². The molecular formula is C10H18N4O2S. The first kappa shape index (κ1) is 14.1. The molecule has 7 heteroatoms. The molecule has 1 rings (SSSR count).